The molecule has 2 aliphatic rings. The molecule has 0 radical (unpaired) electrons. The molecule has 27 heavy (non-hydrogen) atoms. The number of carbonyl (C=O) groups excluding carboxylic acids is 2. The Morgan fingerprint density at radius 1 is 1.37 bits per heavy atom. The molecule has 0 saturated carbocycles. The molecular weight excluding hydrogens is 342 g/mol. The number of amides is 1. The van der Waals surface area contributed by atoms with Gasteiger partial charge in [-0.2, -0.15) is 0 Å². The Kier molecular flexibility index (Phi) is 4.42. The maximum Gasteiger partial charge on any atom is 0.217 e. The molecule has 6 heteroatoms. The van der Waals surface area contributed by atoms with Crippen LogP contribution in [-0.4, -0.2) is 30.5 Å². The average molecular weight is 363 g/mol. The molecule has 1 aliphatic heterocycles. The second-order valence-electron chi connectivity index (χ2n) is 6.98. The summed E-state index contributed by atoms with van der Waals surface area (Å²) in [5.41, 5.74) is 5.73. The van der Waals surface area contributed by atoms with Crippen LogP contribution in [0.5, 0.6) is 5.75 Å². The van der Waals surface area contributed by atoms with Gasteiger partial charge in [0, 0.05) is 31.9 Å². The number of pyridine rings is 1. The summed E-state index contributed by atoms with van der Waals surface area (Å²) in [7, 11) is 1.84. The number of ether oxygens (including phenoxy) is 1. The highest BCUT2D eigenvalue weighted by atomic mass is 16.5. The Morgan fingerprint density at radius 3 is 3.00 bits per heavy atom. The lowest BCUT2D eigenvalue weighted by atomic mass is 9.84. The summed E-state index contributed by atoms with van der Waals surface area (Å²) in [6, 6.07) is 5.98. The van der Waals surface area contributed by atoms with Crippen LogP contribution in [0.2, 0.25) is 0 Å². The largest absolute Gasteiger partial charge is 0.484 e. The number of hydrogen-bond donors (Lipinski definition) is 1. The van der Waals surface area contributed by atoms with E-state index in [2.05, 4.69) is 10.3 Å². The number of nitrogens with zero attached hydrogens (tertiary/aromatic N) is 2. The van der Waals surface area contributed by atoms with Crippen molar-refractivity contribution in [2.45, 2.75) is 32.2 Å². The van der Waals surface area contributed by atoms with Crippen molar-refractivity contribution >= 4 is 17.5 Å². The van der Waals surface area contributed by atoms with Gasteiger partial charge in [0.1, 0.15) is 24.0 Å². The van der Waals surface area contributed by atoms with Crippen molar-refractivity contribution in [3.8, 4) is 16.9 Å². The van der Waals surface area contributed by atoms with E-state index in [1.54, 1.807) is 11.8 Å². The van der Waals surface area contributed by atoms with Gasteiger partial charge in [0.15, 0.2) is 0 Å². The molecule has 6 nitrogen and oxygen atoms in total. The lowest BCUT2D eigenvalue weighted by molar-refractivity contribution is -0.119. The average Bonchev–Trinajstić information content (AvgIpc) is 2.67. The standard InChI is InChI=1S/C21H21N3O3/c1-13(26)23-19-5-3-4-16-17(9-22-10-18(16)19)14-6-7-20-21(8-14)27-12-15(11-25)24(20)2/h6-10,19H,3-5,12H2,1-2H3,(H,23,26). The number of hydrogen-bond acceptors (Lipinski definition) is 5. The van der Waals surface area contributed by atoms with E-state index in [4.69, 9.17) is 4.74 Å². The van der Waals surface area contributed by atoms with Crippen molar-refractivity contribution in [2.75, 3.05) is 18.6 Å². The molecule has 1 aromatic heterocycles. The maximum atomic E-state index is 11.5. The summed E-state index contributed by atoms with van der Waals surface area (Å²) in [6.07, 6.45) is 6.64. The normalized spacial score (nSPS) is 18.1. The van der Waals surface area contributed by atoms with Gasteiger partial charge in [-0.25, -0.2) is 4.79 Å². The van der Waals surface area contributed by atoms with Gasteiger partial charge < -0.3 is 15.0 Å². The second-order valence-corrected chi connectivity index (χ2v) is 6.98. The number of anilines is 1. The third-order valence-electron chi connectivity index (χ3n) is 5.28. The molecule has 2 heterocycles. The highest BCUT2D eigenvalue weighted by Gasteiger charge is 2.25. The predicted molar refractivity (Wildman–Crippen MR) is 102 cm³/mol. The topological polar surface area (TPSA) is 71.5 Å². The van der Waals surface area contributed by atoms with Crippen LogP contribution < -0.4 is 15.0 Å². The lowest BCUT2D eigenvalue weighted by Gasteiger charge is -2.29. The van der Waals surface area contributed by atoms with E-state index >= 15 is 0 Å². The quantitative estimate of drug-likeness (QED) is 0.831. The van der Waals surface area contributed by atoms with Crippen LogP contribution in [0.4, 0.5) is 5.69 Å². The molecule has 4 rings (SSSR count). The molecule has 2 aromatic rings. The highest BCUT2D eigenvalue weighted by Crippen LogP contribution is 2.40. The fraction of sp³-hybridized carbons (Fsp3) is 0.333. The maximum absolute atomic E-state index is 11.5. The van der Waals surface area contributed by atoms with Crippen molar-refractivity contribution in [2.24, 2.45) is 0 Å². The van der Waals surface area contributed by atoms with E-state index in [1.807, 2.05) is 43.6 Å². The third-order valence-corrected chi connectivity index (χ3v) is 5.28. The van der Waals surface area contributed by atoms with Gasteiger partial charge in [0.2, 0.25) is 5.91 Å². The third kappa shape index (κ3) is 3.09. The van der Waals surface area contributed by atoms with E-state index in [-0.39, 0.29) is 18.6 Å². The van der Waals surface area contributed by atoms with Gasteiger partial charge >= 0.3 is 0 Å². The molecule has 1 aliphatic carbocycles. The number of carbonyl (C=O) groups is 1. The minimum atomic E-state index is -0.0255. The van der Waals surface area contributed by atoms with Crippen molar-refractivity contribution in [3.05, 3.63) is 47.4 Å². The summed E-state index contributed by atoms with van der Waals surface area (Å²) >= 11 is 0. The van der Waals surface area contributed by atoms with Crippen molar-refractivity contribution in [3.63, 3.8) is 0 Å². The van der Waals surface area contributed by atoms with E-state index in [0.29, 0.717) is 5.70 Å². The van der Waals surface area contributed by atoms with Crippen LogP contribution in [0.3, 0.4) is 0 Å². The fourth-order valence-corrected chi connectivity index (χ4v) is 3.93. The van der Waals surface area contributed by atoms with Crippen LogP contribution >= 0.6 is 0 Å². The number of fused-ring (bicyclic) bond motifs is 2. The second kappa shape index (κ2) is 6.89. The molecule has 1 atom stereocenters. The molecule has 1 amide bonds. The van der Waals surface area contributed by atoms with Crippen molar-refractivity contribution in [1.29, 1.82) is 0 Å². The van der Waals surface area contributed by atoms with Gasteiger partial charge in [-0.3, -0.25) is 9.78 Å². The molecular formula is C21H21N3O3. The molecule has 138 valence electrons. The molecule has 0 spiro atoms. The van der Waals surface area contributed by atoms with Crippen LogP contribution in [0.1, 0.15) is 36.9 Å². The molecule has 1 unspecified atom stereocenters. The Balaban J connectivity index is 1.75. The Bertz CT molecular complexity index is 963. The number of likely N-dealkylation sites (N-methyl/N-ethyl adjacent to an activating group) is 1. The fourth-order valence-electron chi connectivity index (χ4n) is 3.93. The highest BCUT2D eigenvalue weighted by molar-refractivity contribution is 5.78. The zero-order valence-electron chi connectivity index (χ0n) is 15.4. The molecule has 1 N–H and O–H groups in total. The first kappa shape index (κ1) is 17.3. The van der Waals surface area contributed by atoms with E-state index < -0.39 is 0 Å². The van der Waals surface area contributed by atoms with E-state index in [1.165, 1.54) is 5.56 Å². The van der Waals surface area contributed by atoms with Gasteiger partial charge in [0.25, 0.3) is 0 Å². The Hall–Kier alpha value is -3.11. The summed E-state index contributed by atoms with van der Waals surface area (Å²) in [6.45, 7) is 1.76. The first-order valence-corrected chi connectivity index (χ1v) is 9.07. The zero-order valence-corrected chi connectivity index (χ0v) is 15.4. The van der Waals surface area contributed by atoms with E-state index in [9.17, 15) is 9.59 Å². The monoisotopic (exact) mass is 363 g/mol. The number of nitrogens with one attached hydrogen (secondary N) is 1. The summed E-state index contributed by atoms with van der Waals surface area (Å²) in [4.78, 5) is 28.8. The number of aromatic nitrogens is 1. The minimum Gasteiger partial charge on any atom is -0.484 e. The summed E-state index contributed by atoms with van der Waals surface area (Å²) in [5.74, 6) is 2.64. The number of rotatable bonds is 2. The SMILES string of the molecule is CC(=O)NC1CCCc2c(-c3ccc4c(c3)OCC(=C=O)N4C)cncc21. The predicted octanol–water partition coefficient (Wildman–Crippen LogP) is 2.81. The van der Waals surface area contributed by atoms with E-state index in [0.717, 1.165) is 47.4 Å². The van der Waals surface area contributed by atoms with Crippen LogP contribution in [0.25, 0.3) is 11.1 Å². The Labute approximate surface area is 157 Å². The van der Waals surface area contributed by atoms with Crippen LogP contribution in [-0.2, 0) is 16.0 Å². The first-order valence-electron chi connectivity index (χ1n) is 9.07. The van der Waals surface area contributed by atoms with Gasteiger partial charge in [0.05, 0.1) is 11.7 Å². The minimum absolute atomic E-state index is 0.0130. The lowest BCUT2D eigenvalue weighted by Crippen LogP contribution is -2.29. The summed E-state index contributed by atoms with van der Waals surface area (Å²) < 4.78 is 5.76. The smallest absolute Gasteiger partial charge is 0.217 e. The molecule has 0 fully saturated rings. The van der Waals surface area contributed by atoms with Crippen LogP contribution in [0, 0.1) is 0 Å². The molecule has 0 saturated heterocycles. The number of benzene rings is 1. The van der Waals surface area contributed by atoms with Crippen molar-refractivity contribution in [1.82, 2.24) is 10.3 Å². The molecule has 0 bridgehead atoms. The Morgan fingerprint density at radius 2 is 2.22 bits per heavy atom. The van der Waals surface area contributed by atoms with Crippen molar-refractivity contribution < 1.29 is 14.3 Å². The van der Waals surface area contributed by atoms with Crippen LogP contribution in [0.15, 0.2) is 36.3 Å². The molecule has 1 aromatic carbocycles. The van der Waals surface area contributed by atoms with Gasteiger partial charge in [-0.05, 0) is 48.1 Å². The van der Waals surface area contributed by atoms with Gasteiger partial charge in [-0.1, -0.05) is 6.07 Å². The zero-order chi connectivity index (χ0) is 19.0. The van der Waals surface area contributed by atoms with Gasteiger partial charge in [-0.15, -0.1) is 0 Å². The summed E-state index contributed by atoms with van der Waals surface area (Å²) in [5, 5.41) is 3.03. The first-order chi connectivity index (χ1) is 13.1.